The maximum Gasteiger partial charge on any atom is 0.221 e. The van der Waals surface area contributed by atoms with E-state index in [4.69, 9.17) is 5.73 Å². The van der Waals surface area contributed by atoms with E-state index < -0.39 is 0 Å². The standard InChI is InChI=1S/C11H20N4O/c1-3-5-14-11(16)4-6-15-8-13-7-10(15)9(2)12/h7-9H,3-6,12H2,1-2H3,(H,14,16). The predicted molar refractivity (Wildman–Crippen MR) is 62.7 cm³/mol. The largest absolute Gasteiger partial charge is 0.356 e. The quantitative estimate of drug-likeness (QED) is 0.751. The highest BCUT2D eigenvalue weighted by molar-refractivity contribution is 5.75. The maximum absolute atomic E-state index is 11.4. The molecule has 0 saturated heterocycles. The van der Waals surface area contributed by atoms with Crippen LogP contribution in [0, 0.1) is 0 Å². The lowest BCUT2D eigenvalue weighted by atomic mass is 10.2. The Bertz CT molecular complexity index is 332. The first-order valence-corrected chi connectivity index (χ1v) is 5.67. The van der Waals surface area contributed by atoms with E-state index in [1.54, 1.807) is 12.5 Å². The number of rotatable bonds is 6. The summed E-state index contributed by atoms with van der Waals surface area (Å²) in [7, 11) is 0. The minimum atomic E-state index is -0.0544. The fourth-order valence-electron chi connectivity index (χ4n) is 1.47. The first-order chi connectivity index (χ1) is 7.65. The lowest BCUT2D eigenvalue weighted by Gasteiger charge is -2.10. The minimum Gasteiger partial charge on any atom is -0.356 e. The Morgan fingerprint density at radius 2 is 2.44 bits per heavy atom. The number of carbonyl (C=O) groups excluding carboxylic acids is 1. The third-order valence-electron chi connectivity index (χ3n) is 2.36. The van der Waals surface area contributed by atoms with E-state index in [1.165, 1.54) is 0 Å². The van der Waals surface area contributed by atoms with Gasteiger partial charge < -0.3 is 15.6 Å². The molecule has 0 aliphatic carbocycles. The van der Waals surface area contributed by atoms with E-state index in [2.05, 4.69) is 10.3 Å². The number of nitrogens with two attached hydrogens (primary N) is 1. The van der Waals surface area contributed by atoms with E-state index in [1.807, 2.05) is 18.4 Å². The van der Waals surface area contributed by atoms with Crippen LogP contribution in [0.2, 0.25) is 0 Å². The van der Waals surface area contributed by atoms with Gasteiger partial charge in [0.2, 0.25) is 5.91 Å². The summed E-state index contributed by atoms with van der Waals surface area (Å²) >= 11 is 0. The van der Waals surface area contributed by atoms with Crippen LogP contribution in [0.3, 0.4) is 0 Å². The van der Waals surface area contributed by atoms with Crippen molar-refractivity contribution in [3.05, 3.63) is 18.2 Å². The van der Waals surface area contributed by atoms with Crippen molar-refractivity contribution in [1.29, 1.82) is 0 Å². The molecule has 0 radical (unpaired) electrons. The number of hydrogen-bond acceptors (Lipinski definition) is 3. The van der Waals surface area contributed by atoms with Crippen LogP contribution < -0.4 is 11.1 Å². The first kappa shape index (κ1) is 12.7. The lowest BCUT2D eigenvalue weighted by Crippen LogP contribution is -2.25. The van der Waals surface area contributed by atoms with Gasteiger partial charge in [-0.2, -0.15) is 0 Å². The SMILES string of the molecule is CCCNC(=O)CCn1cncc1C(C)N. The van der Waals surface area contributed by atoms with Crippen LogP contribution in [0.15, 0.2) is 12.5 Å². The van der Waals surface area contributed by atoms with E-state index in [-0.39, 0.29) is 11.9 Å². The minimum absolute atomic E-state index is 0.0544. The molecule has 1 aromatic rings. The maximum atomic E-state index is 11.4. The molecule has 90 valence electrons. The zero-order valence-electron chi connectivity index (χ0n) is 9.94. The molecule has 0 bridgehead atoms. The van der Waals surface area contributed by atoms with Crippen LogP contribution in [0.1, 0.15) is 38.4 Å². The molecule has 1 unspecified atom stereocenters. The zero-order valence-corrected chi connectivity index (χ0v) is 9.94. The number of carbonyl (C=O) groups is 1. The molecule has 5 nitrogen and oxygen atoms in total. The average Bonchev–Trinajstić information content (AvgIpc) is 2.71. The smallest absolute Gasteiger partial charge is 0.221 e. The van der Waals surface area contributed by atoms with Gasteiger partial charge in [0.05, 0.1) is 12.0 Å². The molecule has 1 rings (SSSR count). The summed E-state index contributed by atoms with van der Waals surface area (Å²) in [5, 5.41) is 2.84. The summed E-state index contributed by atoms with van der Waals surface area (Å²) in [4.78, 5) is 15.4. The van der Waals surface area contributed by atoms with Gasteiger partial charge in [0, 0.05) is 31.7 Å². The molecular formula is C11H20N4O. The van der Waals surface area contributed by atoms with Crippen molar-refractivity contribution in [2.24, 2.45) is 5.73 Å². The van der Waals surface area contributed by atoms with Crippen molar-refractivity contribution in [1.82, 2.24) is 14.9 Å². The van der Waals surface area contributed by atoms with Crippen molar-refractivity contribution >= 4 is 5.91 Å². The highest BCUT2D eigenvalue weighted by Gasteiger charge is 2.07. The van der Waals surface area contributed by atoms with Crippen molar-refractivity contribution < 1.29 is 4.79 Å². The van der Waals surface area contributed by atoms with Crippen LogP contribution in [0.5, 0.6) is 0 Å². The van der Waals surface area contributed by atoms with Gasteiger partial charge in [-0.1, -0.05) is 6.92 Å². The molecule has 5 heteroatoms. The molecule has 16 heavy (non-hydrogen) atoms. The second-order valence-corrected chi connectivity index (χ2v) is 3.90. The van der Waals surface area contributed by atoms with Crippen LogP contribution in [-0.4, -0.2) is 22.0 Å². The number of imidazole rings is 1. The summed E-state index contributed by atoms with van der Waals surface area (Å²) in [6.07, 6.45) is 4.89. The molecule has 0 aromatic carbocycles. The molecule has 1 heterocycles. The van der Waals surface area contributed by atoms with Crippen molar-refractivity contribution in [2.45, 2.75) is 39.3 Å². The molecule has 1 aromatic heterocycles. The Morgan fingerprint density at radius 1 is 1.69 bits per heavy atom. The van der Waals surface area contributed by atoms with E-state index in [0.29, 0.717) is 13.0 Å². The van der Waals surface area contributed by atoms with Gasteiger partial charge in [-0.3, -0.25) is 4.79 Å². The molecule has 1 atom stereocenters. The number of amides is 1. The Labute approximate surface area is 96.0 Å². The third kappa shape index (κ3) is 3.66. The highest BCUT2D eigenvalue weighted by atomic mass is 16.1. The van der Waals surface area contributed by atoms with Gasteiger partial charge in [0.25, 0.3) is 0 Å². The van der Waals surface area contributed by atoms with E-state index in [9.17, 15) is 4.79 Å². The van der Waals surface area contributed by atoms with Crippen LogP contribution in [0.4, 0.5) is 0 Å². The lowest BCUT2D eigenvalue weighted by molar-refractivity contribution is -0.121. The molecule has 1 amide bonds. The van der Waals surface area contributed by atoms with Gasteiger partial charge in [-0.25, -0.2) is 4.98 Å². The van der Waals surface area contributed by atoms with Gasteiger partial charge in [-0.05, 0) is 13.3 Å². The number of hydrogen-bond donors (Lipinski definition) is 2. The van der Waals surface area contributed by atoms with Crippen molar-refractivity contribution in [3.63, 3.8) is 0 Å². The van der Waals surface area contributed by atoms with Crippen molar-refractivity contribution in [3.8, 4) is 0 Å². The number of aromatic nitrogens is 2. The number of aryl methyl sites for hydroxylation is 1. The zero-order chi connectivity index (χ0) is 12.0. The summed E-state index contributed by atoms with van der Waals surface area (Å²) in [5.41, 5.74) is 6.75. The van der Waals surface area contributed by atoms with Gasteiger partial charge in [0.15, 0.2) is 0 Å². The van der Waals surface area contributed by atoms with Crippen LogP contribution >= 0.6 is 0 Å². The van der Waals surface area contributed by atoms with Crippen LogP contribution in [0.25, 0.3) is 0 Å². The Hall–Kier alpha value is -1.36. The fourth-order valence-corrected chi connectivity index (χ4v) is 1.47. The average molecular weight is 224 g/mol. The van der Waals surface area contributed by atoms with Crippen molar-refractivity contribution in [2.75, 3.05) is 6.54 Å². The predicted octanol–water partition coefficient (Wildman–Crippen LogP) is 0.819. The van der Waals surface area contributed by atoms with Gasteiger partial charge in [-0.15, -0.1) is 0 Å². The molecule has 0 fully saturated rings. The summed E-state index contributed by atoms with van der Waals surface area (Å²) in [5.74, 6) is 0.0752. The molecule has 0 aliphatic rings. The van der Waals surface area contributed by atoms with E-state index >= 15 is 0 Å². The summed E-state index contributed by atoms with van der Waals surface area (Å²) < 4.78 is 1.93. The Balaban J connectivity index is 2.42. The first-order valence-electron chi connectivity index (χ1n) is 5.67. The Morgan fingerprint density at radius 3 is 3.06 bits per heavy atom. The third-order valence-corrected chi connectivity index (χ3v) is 2.36. The normalized spacial score (nSPS) is 12.4. The molecule has 3 N–H and O–H groups in total. The topological polar surface area (TPSA) is 72.9 Å². The summed E-state index contributed by atoms with van der Waals surface area (Å²) in [6.45, 7) is 5.31. The van der Waals surface area contributed by atoms with E-state index in [0.717, 1.165) is 18.7 Å². The number of nitrogens with one attached hydrogen (secondary N) is 1. The van der Waals surface area contributed by atoms with Gasteiger partial charge >= 0.3 is 0 Å². The second kappa shape index (κ2) is 6.27. The molecule has 0 saturated carbocycles. The Kier molecular flexibility index (Phi) is 4.98. The van der Waals surface area contributed by atoms with Crippen LogP contribution in [-0.2, 0) is 11.3 Å². The van der Waals surface area contributed by atoms with Gasteiger partial charge in [0.1, 0.15) is 0 Å². The fraction of sp³-hybridized carbons (Fsp3) is 0.636. The molecule has 0 aliphatic heterocycles. The number of nitrogens with zero attached hydrogens (tertiary/aromatic N) is 2. The second-order valence-electron chi connectivity index (χ2n) is 3.90. The highest BCUT2D eigenvalue weighted by Crippen LogP contribution is 2.08. The summed E-state index contributed by atoms with van der Waals surface area (Å²) in [6, 6.07) is -0.0544. The molecule has 0 spiro atoms. The molecular weight excluding hydrogens is 204 g/mol. The monoisotopic (exact) mass is 224 g/mol.